The smallest absolute Gasteiger partial charge is 0.489 e. The van der Waals surface area contributed by atoms with Crippen molar-refractivity contribution >= 4 is 24.2 Å². The van der Waals surface area contributed by atoms with Gasteiger partial charge in [-0.15, -0.1) is 0 Å². The van der Waals surface area contributed by atoms with Gasteiger partial charge in [0.05, 0.1) is 18.4 Å². The van der Waals surface area contributed by atoms with E-state index in [0.717, 1.165) is 5.46 Å². The fourth-order valence-corrected chi connectivity index (χ4v) is 2.39. The molecule has 1 aliphatic heterocycles. The molecule has 1 N–H and O–H groups in total. The van der Waals surface area contributed by atoms with E-state index < -0.39 is 0 Å². The lowest BCUT2D eigenvalue weighted by molar-refractivity contribution is -0.114. The first kappa shape index (κ1) is 15.6. The van der Waals surface area contributed by atoms with Crippen molar-refractivity contribution in [1.82, 2.24) is 0 Å². The van der Waals surface area contributed by atoms with E-state index in [9.17, 15) is 4.79 Å². The Balaban J connectivity index is 1.57. The third-order valence-corrected chi connectivity index (χ3v) is 3.44. The van der Waals surface area contributed by atoms with Gasteiger partial charge in [-0.2, -0.15) is 0 Å². The molecule has 1 unspecified atom stereocenters. The maximum absolute atomic E-state index is 11.2. The molecule has 1 amide bonds. The number of anilines is 1. The second-order valence-electron chi connectivity index (χ2n) is 5.32. The summed E-state index contributed by atoms with van der Waals surface area (Å²) >= 11 is 0. The Morgan fingerprint density at radius 2 is 1.96 bits per heavy atom. The number of hydrogen-bond donors (Lipinski definition) is 1. The van der Waals surface area contributed by atoms with Crippen LogP contribution in [0.2, 0.25) is 0 Å². The van der Waals surface area contributed by atoms with E-state index in [1.165, 1.54) is 6.92 Å². The van der Waals surface area contributed by atoms with Crippen LogP contribution in [0.15, 0.2) is 54.6 Å². The summed E-state index contributed by atoms with van der Waals surface area (Å²) in [7, 11) is -0.351. The Kier molecular flexibility index (Phi) is 4.95. The Morgan fingerprint density at radius 1 is 1.22 bits per heavy atom. The van der Waals surface area contributed by atoms with Gasteiger partial charge in [-0.1, -0.05) is 42.5 Å². The highest BCUT2D eigenvalue weighted by atomic mass is 16.7. The van der Waals surface area contributed by atoms with Crippen LogP contribution in [0.1, 0.15) is 6.92 Å². The van der Waals surface area contributed by atoms with E-state index in [1.807, 2.05) is 48.5 Å². The summed E-state index contributed by atoms with van der Waals surface area (Å²) < 4.78 is 17.3. The second-order valence-corrected chi connectivity index (χ2v) is 5.32. The van der Waals surface area contributed by atoms with Gasteiger partial charge in [0, 0.05) is 6.92 Å². The summed E-state index contributed by atoms with van der Waals surface area (Å²) in [6, 6.07) is 17.1. The fraction of sp³-hybridized carbons (Fsp3) is 0.235. The number of carbonyl (C=O) groups excluding carboxylic acids is 1. The molecule has 1 aliphatic rings. The van der Waals surface area contributed by atoms with E-state index in [0.29, 0.717) is 24.7 Å². The number of hydrogen-bond acceptors (Lipinski definition) is 4. The van der Waals surface area contributed by atoms with E-state index in [1.54, 1.807) is 6.07 Å². The van der Waals surface area contributed by atoms with Crippen molar-refractivity contribution in [1.29, 1.82) is 0 Å². The first-order valence-corrected chi connectivity index (χ1v) is 7.54. The molecule has 2 aromatic carbocycles. The lowest BCUT2D eigenvalue weighted by atomic mass is 9.79. The highest BCUT2D eigenvalue weighted by molar-refractivity contribution is 6.61. The van der Waals surface area contributed by atoms with Gasteiger partial charge < -0.3 is 19.4 Å². The van der Waals surface area contributed by atoms with Crippen LogP contribution in [-0.2, 0) is 14.1 Å². The SMILES string of the molecule is CC(=O)Nc1ccccc1OCC1COB(c2ccccc2)O1. The number of nitrogens with one attached hydrogen (secondary N) is 1. The quantitative estimate of drug-likeness (QED) is 0.856. The molecule has 1 heterocycles. The van der Waals surface area contributed by atoms with Crippen LogP contribution in [0.5, 0.6) is 5.75 Å². The third-order valence-electron chi connectivity index (χ3n) is 3.44. The zero-order valence-corrected chi connectivity index (χ0v) is 12.9. The van der Waals surface area contributed by atoms with Crippen molar-refractivity contribution in [3.63, 3.8) is 0 Å². The minimum Gasteiger partial charge on any atom is -0.489 e. The number of benzene rings is 2. The van der Waals surface area contributed by atoms with Gasteiger partial charge in [-0.3, -0.25) is 4.79 Å². The van der Waals surface area contributed by atoms with Crippen LogP contribution < -0.4 is 15.5 Å². The highest BCUT2D eigenvalue weighted by Gasteiger charge is 2.33. The molecule has 1 atom stereocenters. The van der Waals surface area contributed by atoms with Crippen LogP contribution in [0, 0.1) is 0 Å². The molecule has 3 rings (SSSR count). The molecule has 2 aromatic rings. The molecular formula is C17H18BNO4. The van der Waals surface area contributed by atoms with Gasteiger partial charge in [-0.05, 0) is 17.6 Å². The standard InChI is InChI=1S/C17H18BNO4/c1-13(20)19-16-9-5-6-10-17(16)21-11-15-12-22-18(23-15)14-7-3-2-4-8-14/h2-10,15H,11-12H2,1H3,(H,19,20). The average molecular weight is 311 g/mol. The first-order valence-electron chi connectivity index (χ1n) is 7.54. The molecule has 0 spiro atoms. The fourth-order valence-electron chi connectivity index (χ4n) is 2.39. The predicted molar refractivity (Wildman–Crippen MR) is 88.9 cm³/mol. The first-order chi connectivity index (χ1) is 11.2. The van der Waals surface area contributed by atoms with Gasteiger partial charge in [0.25, 0.3) is 0 Å². The van der Waals surface area contributed by atoms with E-state index in [2.05, 4.69) is 5.32 Å². The maximum Gasteiger partial charge on any atom is 0.494 e. The second kappa shape index (κ2) is 7.31. The number of rotatable bonds is 5. The van der Waals surface area contributed by atoms with Crippen LogP contribution in [0.25, 0.3) is 0 Å². The zero-order valence-electron chi connectivity index (χ0n) is 12.9. The van der Waals surface area contributed by atoms with E-state index >= 15 is 0 Å². The summed E-state index contributed by atoms with van der Waals surface area (Å²) in [6.07, 6.45) is -0.148. The van der Waals surface area contributed by atoms with Crippen molar-refractivity contribution in [2.75, 3.05) is 18.5 Å². The van der Waals surface area contributed by atoms with Gasteiger partial charge >= 0.3 is 7.12 Å². The van der Waals surface area contributed by atoms with Crippen molar-refractivity contribution in [2.45, 2.75) is 13.0 Å². The minimum atomic E-state index is -0.351. The minimum absolute atomic E-state index is 0.134. The molecule has 6 heteroatoms. The van der Waals surface area contributed by atoms with Gasteiger partial charge in [-0.25, -0.2) is 0 Å². The largest absolute Gasteiger partial charge is 0.494 e. The predicted octanol–water partition coefficient (Wildman–Crippen LogP) is 1.83. The molecule has 118 valence electrons. The van der Waals surface area contributed by atoms with Crippen molar-refractivity contribution in [3.8, 4) is 5.75 Å². The van der Waals surface area contributed by atoms with Gasteiger partial charge in [0.15, 0.2) is 0 Å². The average Bonchev–Trinajstić information content (AvgIpc) is 3.03. The lowest BCUT2D eigenvalue weighted by Gasteiger charge is -2.14. The molecule has 1 fully saturated rings. The molecule has 0 saturated carbocycles. The third kappa shape index (κ3) is 4.12. The van der Waals surface area contributed by atoms with Crippen LogP contribution in [0.3, 0.4) is 0 Å². The summed E-state index contributed by atoms with van der Waals surface area (Å²) in [5.74, 6) is 0.486. The Bertz CT molecular complexity index is 665. The highest BCUT2D eigenvalue weighted by Crippen LogP contribution is 2.24. The Morgan fingerprint density at radius 3 is 2.74 bits per heavy atom. The van der Waals surface area contributed by atoms with Crippen LogP contribution in [-0.4, -0.2) is 32.3 Å². The van der Waals surface area contributed by atoms with E-state index in [4.69, 9.17) is 14.0 Å². The zero-order chi connectivity index (χ0) is 16.1. The van der Waals surface area contributed by atoms with Gasteiger partial charge in [0.1, 0.15) is 12.4 Å². The topological polar surface area (TPSA) is 56.8 Å². The lowest BCUT2D eigenvalue weighted by Crippen LogP contribution is -2.33. The van der Waals surface area contributed by atoms with Crippen molar-refractivity contribution < 1.29 is 18.8 Å². The number of para-hydroxylation sites is 2. The Hall–Kier alpha value is -2.31. The molecular weight excluding hydrogens is 293 g/mol. The van der Waals surface area contributed by atoms with Crippen LogP contribution >= 0.6 is 0 Å². The summed E-state index contributed by atoms with van der Waals surface area (Å²) in [5.41, 5.74) is 1.65. The van der Waals surface area contributed by atoms with Crippen LogP contribution in [0.4, 0.5) is 5.69 Å². The molecule has 0 aromatic heterocycles. The molecule has 0 bridgehead atoms. The number of ether oxygens (including phenoxy) is 1. The molecule has 5 nitrogen and oxygen atoms in total. The monoisotopic (exact) mass is 311 g/mol. The molecule has 1 saturated heterocycles. The molecule has 0 radical (unpaired) electrons. The van der Waals surface area contributed by atoms with E-state index in [-0.39, 0.29) is 19.1 Å². The number of carbonyl (C=O) groups is 1. The molecule has 0 aliphatic carbocycles. The normalized spacial score (nSPS) is 17.1. The number of amides is 1. The summed E-state index contributed by atoms with van der Waals surface area (Å²) in [4.78, 5) is 11.2. The summed E-state index contributed by atoms with van der Waals surface area (Å²) in [6.45, 7) is 2.30. The van der Waals surface area contributed by atoms with Crippen molar-refractivity contribution in [3.05, 3.63) is 54.6 Å². The van der Waals surface area contributed by atoms with Crippen molar-refractivity contribution in [2.24, 2.45) is 0 Å². The van der Waals surface area contributed by atoms with Gasteiger partial charge in [0.2, 0.25) is 5.91 Å². The Labute approximate surface area is 135 Å². The maximum atomic E-state index is 11.2. The summed E-state index contributed by atoms with van der Waals surface area (Å²) in [5, 5.41) is 2.75. The molecule has 23 heavy (non-hydrogen) atoms.